The first-order valence-corrected chi connectivity index (χ1v) is 12.6. The van der Waals surface area contributed by atoms with Crippen LogP contribution in [-0.2, 0) is 9.59 Å². The maximum atomic E-state index is 13.8. The third-order valence-electron chi connectivity index (χ3n) is 8.16. The molecule has 2 aliphatic heterocycles. The van der Waals surface area contributed by atoms with Crippen LogP contribution < -0.4 is 20.7 Å². The zero-order valence-corrected chi connectivity index (χ0v) is 20.5. The molecule has 0 bridgehead atoms. The molecule has 0 radical (unpaired) electrons. The average molecular weight is 482 g/mol. The molecule has 1 spiro atoms. The first-order chi connectivity index (χ1) is 16.9. The number of hydrogen-bond donors (Lipinski definition) is 4. The molecule has 2 aromatic rings. The van der Waals surface area contributed by atoms with Crippen molar-refractivity contribution in [3.8, 4) is 5.75 Å². The van der Waals surface area contributed by atoms with Crippen molar-refractivity contribution in [3.63, 3.8) is 0 Å². The topological polar surface area (TPSA) is 116 Å². The molecule has 1 aliphatic carbocycles. The third kappa shape index (κ3) is 4.49. The molecule has 1 saturated carbocycles. The molecule has 9 heteroatoms. The van der Waals surface area contributed by atoms with Gasteiger partial charge in [0.2, 0.25) is 11.8 Å². The molecule has 5 rings (SSSR count). The summed E-state index contributed by atoms with van der Waals surface area (Å²) in [5.74, 6) is 0.304. The fourth-order valence-corrected chi connectivity index (χ4v) is 6.24. The molecule has 188 valence electrons. The van der Waals surface area contributed by atoms with Gasteiger partial charge in [0.1, 0.15) is 17.5 Å². The fourth-order valence-electron chi connectivity index (χ4n) is 6.24. The van der Waals surface area contributed by atoms with E-state index in [0.29, 0.717) is 37.4 Å². The zero-order valence-electron chi connectivity index (χ0n) is 20.5. The average Bonchev–Trinajstić information content (AvgIpc) is 3.65. The van der Waals surface area contributed by atoms with Gasteiger partial charge in [0.05, 0.1) is 13.3 Å². The molecule has 1 aromatic carbocycles. The van der Waals surface area contributed by atoms with Gasteiger partial charge in [-0.15, -0.1) is 0 Å². The highest BCUT2D eigenvalue weighted by Gasteiger charge is 2.50. The Morgan fingerprint density at radius 3 is 2.77 bits per heavy atom. The van der Waals surface area contributed by atoms with E-state index in [2.05, 4.69) is 20.9 Å². The minimum absolute atomic E-state index is 0.00184. The lowest BCUT2D eigenvalue weighted by atomic mass is 9.84. The summed E-state index contributed by atoms with van der Waals surface area (Å²) in [6.45, 7) is 1.27. The molecule has 3 fully saturated rings. The van der Waals surface area contributed by atoms with Crippen molar-refractivity contribution in [2.75, 3.05) is 27.2 Å². The molecule has 1 aromatic heterocycles. The number of rotatable bonds is 7. The standard InChI is InChI=1S/C26H35N5O4/c1-27-22(12-16-8-11-28-23(16)32)30-24(33)20-14-26(9-3-4-10-26)15-31(20)25(34)19-13-17-18(29-19)6-5-7-21(17)35-2/h5-7,13,16,20,22,27,29H,3-4,8-12,14-15H2,1-2H3,(H,28,32)(H,30,33). The largest absolute Gasteiger partial charge is 0.496 e. The molecule has 3 unspecified atom stereocenters. The molecule has 35 heavy (non-hydrogen) atoms. The van der Waals surface area contributed by atoms with Gasteiger partial charge in [-0.1, -0.05) is 18.9 Å². The number of carbonyl (C=O) groups excluding carboxylic acids is 3. The van der Waals surface area contributed by atoms with E-state index in [1.54, 1.807) is 19.1 Å². The summed E-state index contributed by atoms with van der Waals surface area (Å²) in [5, 5.41) is 9.93. The maximum absolute atomic E-state index is 13.8. The second-order valence-corrected chi connectivity index (χ2v) is 10.3. The number of H-pyrrole nitrogens is 1. The molecule has 2 saturated heterocycles. The van der Waals surface area contributed by atoms with Crippen LogP contribution in [0.15, 0.2) is 24.3 Å². The highest BCUT2D eigenvalue weighted by atomic mass is 16.5. The van der Waals surface area contributed by atoms with Crippen LogP contribution in [0.25, 0.3) is 10.9 Å². The first-order valence-electron chi connectivity index (χ1n) is 12.6. The van der Waals surface area contributed by atoms with E-state index in [4.69, 9.17) is 4.74 Å². The lowest BCUT2D eigenvalue weighted by Gasteiger charge is -2.27. The predicted octanol–water partition coefficient (Wildman–Crippen LogP) is 2.14. The van der Waals surface area contributed by atoms with Gasteiger partial charge >= 0.3 is 0 Å². The first kappa shape index (κ1) is 23.7. The highest BCUT2D eigenvalue weighted by Crippen LogP contribution is 2.48. The normalized spacial score (nSPS) is 24.2. The lowest BCUT2D eigenvalue weighted by molar-refractivity contribution is -0.127. The predicted molar refractivity (Wildman–Crippen MR) is 132 cm³/mol. The molecule has 3 atom stereocenters. The Balaban J connectivity index is 1.37. The van der Waals surface area contributed by atoms with Gasteiger partial charge in [0.15, 0.2) is 0 Å². The van der Waals surface area contributed by atoms with Gasteiger partial charge in [0.25, 0.3) is 5.91 Å². The van der Waals surface area contributed by atoms with E-state index in [0.717, 1.165) is 43.0 Å². The van der Waals surface area contributed by atoms with Gasteiger partial charge < -0.3 is 30.6 Å². The number of carbonyl (C=O) groups is 3. The number of likely N-dealkylation sites (tertiary alicyclic amines) is 1. The molecule has 3 aliphatic rings. The van der Waals surface area contributed by atoms with E-state index in [1.807, 2.05) is 24.3 Å². The van der Waals surface area contributed by atoms with E-state index in [-0.39, 0.29) is 35.2 Å². The number of aromatic amines is 1. The molecular formula is C26H35N5O4. The third-order valence-corrected chi connectivity index (χ3v) is 8.16. The number of methoxy groups -OCH3 is 1. The SMILES string of the molecule is CNC(CC1CCNC1=O)NC(=O)C1CC2(CCCC2)CN1C(=O)c1cc2c(OC)cccc2[nH]1. The van der Waals surface area contributed by atoms with E-state index in [9.17, 15) is 14.4 Å². The Morgan fingerprint density at radius 2 is 2.09 bits per heavy atom. The van der Waals surface area contributed by atoms with Gasteiger partial charge in [-0.2, -0.15) is 0 Å². The molecule has 3 heterocycles. The Bertz CT molecular complexity index is 1120. The molecule has 9 nitrogen and oxygen atoms in total. The summed E-state index contributed by atoms with van der Waals surface area (Å²) in [7, 11) is 3.40. The second-order valence-electron chi connectivity index (χ2n) is 10.3. The summed E-state index contributed by atoms with van der Waals surface area (Å²) in [6, 6.07) is 6.95. The molecular weight excluding hydrogens is 446 g/mol. The van der Waals surface area contributed by atoms with Gasteiger partial charge in [-0.3, -0.25) is 14.4 Å². The number of ether oxygens (including phenoxy) is 1. The molecule has 3 amide bonds. The van der Waals surface area contributed by atoms with Crippen LogP contribution in [0, 0.1) is 11.3 Å². The van der Waals surface area contributed by atoms with Crippen LogP contribution in [0.1, 0.15) is 55.4 Å². The van der Waals surface area contributed by atoms with Crippen LogP contribution in [0.4, 0.5) is 0 Å². The number of nitrogens with zero attached hydrogens (tertiary/aromatic N) is 1. The Labute approximate surface area is 205 Å². The zero-order chi connectivity index (χ0) is 24.6. The lowest BCUT2D eigenvalue weighted by Crippen LogP contribution is -2.53. The second kappa shape index (κ2) is 9.53. The van der Waals surface area contributed by atoms with Crippen molar-refractivity contribution in [1.29, 1.82) is 0 Å². The van der Waals surface area contributed by atoms with E-state index < -0.39 is 6.04 Å². The van der Waals surface area contributed by atoms with Crippen molar-refractivity contribution in [1.82, 2.24) is 25.8 Å². The van der Waals surface area contributed by atoms with Crippen molar-refractivity contribution >= 4 is 28.6 Å². The van der Waals surface area contributed by atoms with Crippen LogP contribution in [0.3, 0.4) is 0 Å². The molecule has 4 N–H and O–H groups in total. The summed E-state index contributed by atoms with van der Waals surface area (Å²) in [5.41, 5.74) is 1.29. The van der Waals surface area contributed by atoms with Crippen molar-refractivity contribution in [2.24, 2.45) is 11.3 Å². The van der Waals surface area contributed by atoms with E-state index in [1.165, 1.54) is 0 Å². The van der Waals surface area contributed by atoms with Crippen LogP contribution in [0.2, 0.25) is 0 Å². The summed E-state index contributed by atoms with van der Waals surface area (Å²) in [4.78, 5) is 44.3. The van der Waals surface area contributed by atoms with Crippen molar-refractivity contribution in [3.05, 3.63) is 30.0 Å². The summed E-state index contributed by atoms with van der Waals surface area (Å²) >= 11 is 0. The highest BCUT2D eigenvalue weighted by molar-refractivity contribution is 6.01. The number of nitrogens with one attached hydrogen (secondary N) is 4. The minimum Gasteiger partial charge on any atom is -0.496 e. The number of hydrogen-bond acceptors (Lipinski definition) is 5. The van der Waals surface area contributed by atoms with Gasteiger partial charge in [0, 0.05) is 29.9 Å². The Hall–Kier alpha value is -3.07. The number of benzene rings is 1. The Morgan fingerprint density at radius 1 is 1.29 bits per heavy atom. The minimum atomic E-state index is -0.540. The smallest absolute Gasteiger partial charge is 0.271 e. The van der Waals surface area contributed by atoms with Crippen LogP contribution in [0.5, 0.6) is 5.75 Å². The van der Waals surface area contributed by atoms with Crippen molar-refractivity contribution in [2.45, 2.75) is 57.2 Å². The fraction of sp³-hybridized carbons (Fsp3) is 0.577. The van der Waals surface area contributed by atoms with E-state index >= 15 is 0 Å². The summed E-state index contributed by atoms with van der Waals surface area (Å²) < 4.78 is 5.46. The number of fused-ring (bicyclic) bond motifs is 1. The monoisotopic (exact) mass is 481 g/mol. The van der Waals surface area contributed by atoms with Crippen LogP contribution >= 0.6 is 0 Å². The quantitative estimate of drug-likeness (QED) is 0.452. The summed E-state index contributed by atoms with van der Waals surface area (Å²) in [6.07, 6.45) is 6.00. The number of amides is 3. The maximum Gasteiger partial charge on any atom is 0.271 e. The Kier molecular flexibility index (Phi) is 6.44. The van der Waals surface area contributed by atoms with Gasteiger partial charge in [-0.05, 0) is 62.8 Å². The van der Waals surface area contributed by atoms with Crippen molar-refractivity contribution < 1.29 is 19.1 Å². The van der Waals surface area contributed by atoms with Crippen LogP contribution in [-0.4, -0.2) is 67.1 Å². The number of aromatic nitrogens is 1. The van der Waals surface area contributed by atoms with Gasteiger partial charge in [-0.25, -0.2) is 0 Å².